The van der Waals surface area contributed by atoms with E-state index in [0.717, 1.165) is 11.1 Å². The second kappa shape index (κ2) is 5.06. The summed E-state index contributed by atoms with van der Waals surface area (Å²) in [6.07, 6.45) is 0.111. The molecule has 0 saturated heterocycles. The highest BCUT2D eigenvalue weighted by atomic mass is 16.5. The molecule has 0 saturated carbocycles. The molecule has 0 aromatic heterocycles. The van der Waals surface area contributed by atoms with Crippen LogP contribution < -0.4 is 5.73 Å². The van der Waals surface area contributed by atoms with Gasteiger partial charge < -0.3 is 10.5 Å². The van der Waals surface area contributed by atoms with E-state index in [1.165, 1.54) is 7.11 Å². The predicted octanol–water partition coefficient (Wildman–Crippen LogP) is 1.49. The number of carbonyl (C=O) groups is 1. The zero-order chi connectivity index (χ0) is 11.3. The first-order valence-electron chi connectivity index (χ1n) is 4.55. The van der Waals surface area contributed by atoms with E-state index in [1.807, 2.05) is 19.1 Å². The Morgan fingerprint density at radius 3 is 2.87 bits per heavy atom. The van der Waals surface area contributed by atoms with Gasteiger partial charge in [0, 0.05) is 11.3 Å². The van der Waals surface area contributed by atoms with Gasteiger partial charge in [-0.15, -0.1) is 0 Å². The van der Waals surface area contributed by atoms with Gasteiger partial charge in [0.25, 0.3) is 0 Å². The summed E-state index contributed by atoms with van der Waals surface area (Å²) in [6, 6.07) is 5.48. The molecule has 0 aliphatic carbocycles. The first-order chi connectivity index (χ1) is 7.13. The normalized spacial score (nSPS) is 8.93. The lowest BCUT2D eigenvalue weighted by molar-refractivity contribution is -0.139. The Morgan fingerprint density at radius 2 is 2.27 bits per heavy atom. The molecule has 1 rings (SSSR count). The van der Waals surface area contributed by atoms with Gasteiger partial charge in [-0.3, -0.25) is 4.79 Å². The highest BCUT2D eigenvalue weighted by molar-refractivity contribution is 5.72. The number of aryl methyl sites for hydroxylation is 1. The second-order valence-electron chi connectivity index (χ2n) is 3.13. The number of rotatable bonds is 1. The Labute approximate surface area is 89.2 Å². The molecular weight excluding hydrogens is 190 g/mol. The van der Waals surface area contributed by atoms with Crippen LogP contribution in [0, 0.1) is 18.8 Å². The largest absolute Gasteiger partial charge is 0.468 e. The zero-order valence-corrected chi connectivity index (χ0v) is 8.83. The number of nitrogen functional groups attached to an aromatic ring is 1. The molecule has 0 aliphatic rings. The van der Waals surface area contributed by atoms with Crippen LogP contribution in [0.1, 0.15) is 17.5 Å². The van der Waals surface area contributed by atoms with Crippen molar-refractivity contribution in [2.24, 2.45) is 0 Å². The second-order valence-corrected chi connectivity index (χ2v) is 3.13. The van der Waals surface area contributed by atoms with Crippen molar-refractivity contribution in [3.05, 3.63) is 29.3 Å². The van der Waals surface area contributed by atoms with Crippen LogP contribution in [0.25, 0.3) is 0 Å². The fourth-order valence-electron chi connectivity index (χ4n) is 1.11. The number of esters is 1. The van der Waals surface area contributed by atoms with Gasteiger partial charge in [0.2, 0.25) is 0 Å². The molecule has 0 atom stereocenters. The van der Waals surface area contributed by atoms with Crippen molar-refractivity contribution in [2.75, 3.05) is 12.8 Å². The van der Waals surface area contributed by atoms with Crippen molar-refractivity contribution >= 4 is 11.7 Å². The van der Waals surface area contributed by atoms with Gasteiger partial charge in [0.05, 0.1) is 7.11 Å². The van der Waals surface area contributed by atoms with E-state index < -0.39 is 0 Å². The highest BCUT2D eigenvalue weighted by Crippen LogP contribution is 2.10. The third-order valence-electron chi connectivity index (χ3n) is 1.93. The molecule has 0 aliphatic heterocycles. The topological polar surface area (TPSA) is 52.3 Å². The van der Waals surface area contributed by atoms with Crippen molar-refractivity contribution in [1.29, 1.82) is 0 Å². The maximum Gasteiger partial charge on any atom is 0.317 e. The summed E-state index contributed by atoms with van der Waals surface area (Å²) in [5.74, 6) is 5.32. The SMILES string of the molecule is COC(=O)CC#Cc1ccc(N)cc1C. The summed E-state index contributed by atoms with van der Waals surface area (Å²) < 4.78 is 4.48. The Balaban J connectivity index is 2.76. The van der Waals surface area contributed by atoms with Gasteiger partial charge in [-0.05, 0) is 30.7 Å². The lowest BCUT2D eigenvalue weighted by Gasteiger charge is -1.98. The summed E-state index contributed by atoms with van der Waals surface area (Å²) >= 11 is 0. The minimum Gasteiger partial charge on any atom is -0.468 e. The quantitative estimate of drug-likeness (QED) is 0.427. The van der Waals surface area contributed by atoms with E-state index in [4.69, 9.17) is 5.73 Å². The van der Waals surface area contributed by atoms with Crippen LogP contribution in [0.3, 0.4) is 0 Å². The van der Waals surface area contributed by atoms with Gasteiger partial charge in [0.1, 0.15) is 6.42 Å². The highest BCUT2D eigenvalue weighted by Gasteiger charge is 1.96. The van der Waals surface area contributed by atoms with Gasteiger partial charge in [-0.25, -0.2) is 0 Å². The van der Waals surface area contributed by atoms with Gasteiger partial charge in [0.15, 0.2) is 0 Å². The smallest absolute Gasteiger partial charge is 0.317 e. The number of ether oxygens (including phenoxy) is 1. The predicted molar refractivity (Wildman–Crippen MR) is 59.1 cm³/mol. The molecular formula is C12H13NO2. The maximum atomic E-state index is 10.8. The Morgan fingerprint density at radius 1 is 1.53 bits per heavy atom. The lowest BCUT2D eigenvalue weighted by atomic mass is 10.1. The van der Waals surface area contributed by atoms with Crippen LogP contribution in [0.4, 0.5) is 5.69 Å². The Hall–Kier alpha value is -1.95. The minimum absolute atomic E-state index is 0.111. The molecule has 0 bridgehead atoms. The van der Waals surface area contributed by atoms with Crippen LogP contribution in [-0.4, -0.2) is 13.1 Å². The van der Waals surface area contributed by atoms with Crippen LogP contribution in [0.15, 0.2) is 18.2 Å². The first-order valence-corrected chi connectivity index (χ1v) is 4.55. The Kier molecular flexibility index (Phi) is 3.75. The minimum atomic E-state index is -0.324. The molecule has 0 radical (unpaired) electrons. The molecule has 15 heavy (non-hydrogen) atoms. The Bertz CT molecular complexity index is 427. The monoisotopic (exact) mass is 203 g/mol. The van der Waals surface area contributed by atoms with E-state index in [2.05, 4.69) is 16.6 Å². The van der Waals surface area contributed by atoms with Crippen LogP contribution in [-0.2, 0) is 9.53 Å². The first kappa shape index (κ1) is 11.1. The third kappa shape index (κ3) is 3.35. The zero-order valence-electron chi connectivity index (χ0n) is 8.83. The summed E-state index contributed by atoms with van der Waals surface area (Å²) in [7, 11) is 1.35. The van der Waals surface area contributed by atoms with Gasteiger partial charge in [-0.2, -0.15) is 0 Å². The maximum absolute atomic E-state index is 10.8. The molecule has 1 aromatic rings. The number of benzene rings is 1. The van der Waals surface area contributed by atoms with E-state index in [-0.39, 0.29) is 12.4 Å². The van der Waals surface area contributed by atoms with Crippen molar-refractivity contribution < 1.29 is 9.53 Å². The van der Waals surface area contributed by atoms with Crippen molar-refractivity contribution in [1.82, 2.24) is 0 Å². The molecule has 0 amide bonds. The molecule has 3 nitrogen and oxygen atoms in total. The van der Waals surface area contributed by atoms with Crippen LogP contribution >= 0.6 is 0 Å². The third-order valence-corrected chi connectivity index (χ3v) is 1.93. The number of hydrogen-bond donors (Lipinski definition) is 1. The van der Waals surface area contributed by atoms with Gasteiger partial charge >= 0.3 is 5.97 Å². The molecule has 0 unspecified atom stereocenters. The molecule has 2 N–H and O–H groups in total. The molecule has 0 fully saturated rings. The van der Waals surface area contributed by atoms with Crippen molar-refractivity contribution in [3.63, 3.8) is 0 Å². The molecule has 0 heterocycles. The van der Waals surface area contributed by atoms with E-state index in [9.17, 15) is 4.79 Å². The van der Waals surface area contributed by atoms with Crippen molar-refractivity contribution in [3.8, 4) is 11.8 Å². The summed E-state index contributed by atoms with van der Waals surface area (Å²) in [5.41, 5.74) is 8.21. The number of anilines is 1. The van der Waals surface area contributed by atoms with Crippen LogP contribution in [0.2, 0.25) is 0 Å². The fraction of sp³-hybridized carbons (Fsp3) is 0.250. The molecule has 0 spiro atoms. The van der Waals surface area contributed by atoms with E-state index in [1.54, 1.807) is 6.07 Å². The lowest BCUT2D eigenvalue weighted by Crippen LogP contribution is -1.97. The van der Waals surface area contributed by atoms with Crippen LogP contribution in [0.5, 0.6) is 0 Å². The fourth-order valence-corrected chi connectivity index (χ4v) is 1.11. The summed E-state index contributed by atoms with van der Waals surface area (Å²) in [5, 5.41) is 0. The average molecular weight is 203 g/mol. The number of carbonyl (C=O) groups excluding carboxylic acids is 1. The summed E-state index contributed by atoms with van der Waals surface area (Å²) in [4.78, 5) is 10.8. The van der Waals surface area contributed by atoms with Crippen molar-refractivity contribution in [2.45, 2.75) is 13.3 Å². The average Bonchev–Trinajstić information content (AvgIpc) is 2.21. The molecule has 1 aromatic carbocycles. The number of nitrogens with two attached hydrogens (primary N) is 1. The number of hydrogen-bond acceptors (Lipinski definition) is 3. The molecule has 3 heteroatoms. The van der Waals surface area contributed by atoms with E-state index in [0.29, 0.717) is 5.69 Å². The standard InChI is InChI=1S/C12H13NO2/c1-9-8-11(13)7-6-10(9)4-3-5-12(14)15-2/h6-8H,5,13H2,1-2H3. The van der Waals surface area contributed by atoms with Gasteiger partial charge in [-0.1, -0.05) is 11.8 Å². The summed E-state index contributed by atoms with van der Waals surface area (Å²) in [6.45, 7) is 1.93. The van der Waals surface area contributed by atoms with E-state index >= 15 is 0 Å². The molecule has 78 valence electrons. The number of methoxy groups -OCH3 is 1.